The number of aryl methyl sites for hydroxylation is 1. The third-order valence-electron chi connectivity index (χ3n) is 2.98. The zero-order valence-corrected chi connectivity index (χ0v) is 12.4. The number of halogens is 1. The quantitative estimate of drug-likeness (QED) is 0.907. The summed E-state index contributed by atoms with van der Waals surface area (Å²) in [6, 6.07) is 11.4. The van der Waals surface area contributed by atoms with Crippen LogP contribution in [0.15, 0.2) is 36.4 Å². The van der Waals surface area contributed by atoms with Crippen molar-refractivity contribution in [3.8, 4) is 17.2 Å². The van der Waals surface area contributed by atoms with Crippen molar-refractivity contribution < 1.29 is 9.47 Å². The van der Waals surface area contributed by atoms with Crippen molar-refractivity contribution in [1.29, 1.82) is 0 Å². The van der Waals surface area contributed by atoms with Gasteiger partial charge in [-0.25, -0.2) is 0 Å². The van der Waals surface area contributed by atoms with Crippen LogP contribution in [0.5, 0.6) is 17.2 Å². The zero-order chi connectivity index (χ0) is 14.5. The number of rotatable bonds is 5. The van der Waals surface area contributed by atoms with E-state index in [9.17, 15) is 0 Å². The fourth-order valence-electron chi connectivity index (χ4n) is 1.98. The largest absolute Gasteiger partial charge is 0.493 e. The van der Waals surface area contributed by atoms with Gasteiger partial charge in [-0.2, -0.15) is 0 Å². The smallest absolute Gasteiger partial charge is 0.169 e. The molecule has 0 radical (unpaired) electrons. The highest BCUT2D eigenvalue weighted by Crippen LogP contribution is 2.34. The number of nitrogens with two attached hydrogens (primary N) is 1. The van der Waals surface area contributed by atoms with Crippen LogP contribution in [0.4, 0.5) is 0 Å². The number of benzene rings is 2. The van der Waals surface area contributed by atoms with Crippen molar-refractivity contribution in [3.05, 3.63) is 52.5 Å². The first-order valence-corrected chi connectivity index (χ1v) is 6.83. The average molecular weight is 292 g/mol. The average Bonchev–Trinajstić information content (AvgIpc) is 2.43. The lowest BCUT2D eigenvalue weighted by molar-refractivity contribution is 0.377. The molecular formula is C16H18ClNO2. The summed E-state index contributed by atoms with van der Waals surface area (Å²) in [6.07, 6.45) is 0.712. The molecule has 0 atom stereocenters. The van der Waals surface area contributed by atoms with Gasteiger partial charge in [-0.05, 0) is 61.3 Å². The molecule has 0 spiro atoms. The van der Waals surface area contributed by atoms with Gasteiger partial charge in [-0.1, -0.05) is 17.7 Å². The minimum Gasteiger partial charge on any atom is -0.493 e. The first kappa shape index (κ1) is 14.7. The Bertz CT molecular complexity index is 599. The molecule has 3 nitrogen and oxygen atoms in total. The van der Waals surface area contributed by atoms with Crippen LogP contribution in [0.1, 0.15) is 11.1 Å². The normalized spacial score (nSPS) is 10.4. The molecule has 106 valence electrons. The molecule has 0 heterocycles. The van der Waals surface area contributed by atoms with Gasteiger partial charge in [0.2, 0.25) is 0 Å². The maximum atomic E-state index is 6.01. The molecule has 0 aliphatic rings. The van der Waals surface area contributed by atoms with E-state index in [4.69, 9.17) is 26.8 Å². The van der Waals surface area contributed by atoms with Crippen LogP contribution in [0.2, 0.25) is 5.02 Å². The predicted molar refractivity (Wildman–Crippen MR) is 82.0 cm³/mol. The van der Waals surface area contributed by atoms with Crippen LogP contribution < -0.4 is 15.2 Å². The summed E-state index contributed by atoms with van der Waals surface area (Å²) < 4.78 is 11.3. The Morgan fingerprint density at radius 3 is 2.50 bits per heavy atom. The standard InChI is InChI=1S/C16H18ClNO2/c1-11-3-5-15(16(9-11)19-2)20-14-6-4-13(17)10-12(14)7-8-18/h3-6,9-10H,7-8,18H2,1-2H3. The Labute approximate surface area is 124 Å². The number of ether oxygens (including phenoxy) is 2. The summed E-state index contributed by atoms with van der Waals surface area (Å²) >= 11 is 6.01. The molecule has 0 aromatic heterocycles. The first-order chi connectivity index (χ1) is 9.63. The molecule has 2 rings (SSSR count). The van der Waals surface area contributed by atoms with Gasteiger partial charge in [0.25, 0.3) is 0 Å². The molecular weight excluding hydrogens is 274 g/mol. The SMILES string of the molecule is COc1cc(C)ccc1Oc1ccc(Cl)cc1CCN. The predicted octanol–water partition coefficient (Wildman–Crippen LogP) is 3.95. The van der Waals surface area contributed by atoms with Gasteiger partial charge in [0, 0.05) is 5.02 Å². The lowest BCUT2D eigenvalue weighted by Crippen LogP contribution is -2.04. The lowest BCUT2D eigenvalue weighted by atomic mass is 10.1. The number of hydrogen-bond acceptors (Lipinski definition) is 3. The number of methoxy groups -OCH3 is 1. The Balaban J connectivity index is 2.34. The van der Waals surface area contributed by atoms with Crippen LogP contribution in [-0.4, -0.2) is 13.7 Å². The van der Waals surface area contributed by atoms with Crippen molar-refractivity contribution >= 4 is 11.6 Å². The van der Waals surface area contributed by atoms with E-state index in [1.807, 2.05) is 37.3 Å². The topological polar surface area (TPSA) is 44.5 Å². The van der Waals surface area contributed by atoms with E-state index < -0.39 is 0 Å². The molecule has 0 amide bonds. The second kappa shape index (κ2) is 6.64. The fraction of sp³-hybridized carbons (Fsp3) is 0.250. The Morgan fingerprint density at radius 2 is 1.80 bits per heavy atom. The summed E-state index contributed by atoms with van der Waals surface area (Å²) in [5, 5.41) is 0.677. The monoisotopic (exact) mass is 291 g/mol. The highest BCUT2D eigenvalue weighted by Gasteiger charge is 2.09. The van der Waals surface area contributed by atoms with Gasteiger partial charge >= 0.3 is 0 Å². The van der Waals surface area contributed by atoms with Crippen LogP contribution in [0.3, 0.4) is 0 Å². The van der Waals surface area contributed by atoms with Crippen molar-refractivity contribution in [2.75, 3.05) is 13.7 Å². The van der Waals surface area contributed by atoms with Crippen molar-refractivity contribution in [1.82, 2.24) is 0 Å². The van der Waals surface area contributed by atoms with E-state index in [1.165, 1.54) is 0 Å². The first-order valence-electron chi connectivity index (χ1n) is 6.45. The third kappa shape index (κ3) is 3.44. The molecule has 0 unspecified atom stereocenters. The van der Waals surface area contributed by atoms with Gasteiger partial charge in [-0.3, -0.25) is 0 Å². The van der Waals surface area contributed by atoms with E-state index in [0.717, 1.165) is 16.9 Å². The minimum atomic E-state index is 0.543. The fourth-order valence-corrected chi connectivity index (χ4v) is 2.17. The highest BCUT2D eigenvalue weighted by atomic mass is 35.5. The van der Waals surface area contributed by atoms with Crippen molar-refractivity contribution in [3.63, 3.8) is 0 Å². The molecule has 0 fully saturated rings. The van der Waals surface area contributed by atoms with E-state index in [2.05, 4.69) is 0 Å². The van der Waals surface area contributed by atoms with Gasteiger partial charge in [0.05, 0.1) is 7.11 Å². The molecule has 0 aliphatic heterocycles. The van der Waals surface area contributed by atoms with Crippen LogP contribution in [0, 0.1) is 6.92 Å². The summed E-state index contributed by atoms with van der Waals surface area (Å²) in [4.78, 5) is 0. The van der Waals surface area contributed by atoms with Crippen LogP contribution in [-0.2, 0) is 6.42 Å². The van der Waals surface area contributed by atoms with E-state index >= 15 is 0 Å². The number of hydrogen-bond donors (Lipinski definition) is 1. The Morgan fingerprint density at radius 1 is 1.05 bits per heavy atom. The summed E-state index contributed by atoms with van der Waals surface area (Å²) in [5.74, 6) is 2.14. The molecule has 0 saturated carbocycles. The molecule has 20 heavy (non-hydrogen) atoms. The van der Waals surface area contributed by atoms with Crippen molar-refractivity contribution in [2.45, 2.75) is 13.3 Å². The minimum absolute atomic E-state index is 0.543. The third-order valence-corrected chi connectivity index (χ3v) is 3.21. The Kier molecular flexibility index (Phi) is 4.88. The lowest BCUT2D eigenvalue weighted by Gasteiger charge is -2.14. The van der Waals surface area contributed by atoms with Gasteiger partial charge in [-0.15, -0.1) is 0 Å². The van der Waals surface area contributed by atoms with E-state index in [1.54, 1.807) is 13.2 Å². The van der Waals surface area contributed by atoms with Crippen molar-refractivity contribution in [2.24, 2.45) is 5.73 Å². The summed E-state index contributed by atoms with van der Waals surface area (Å²) in [5.41, 5.74) is 7.73. The molecule has 2 aromatic rings. The van der Waals surface area contributed by atoms with E-state index in [0.29, 0.717) is 29.5 Å². The molecule has 0 saturated heterocycles. The van der Waals surface area contributed by atoms with Gasteiger partial charge < -0.3 is 15.2 Å². The highest BCUT2D eigenvalue weighted by molar-refractivity contribution is 6.30. The summed E-state index contributed by atoms with van der Waals surface area (Å²) in [7, 11) is 1.63. The maximum absolute atomic E-state index is 6.01. The van der Waals surface area contributed by atoms with Gasteiger partial charge in [0.15, 0.2) is 11.5 Å². The second-order valence-corrected chi connectivity index (χ2v) is 4.98. The molecule has 2 aromatic carbocycles. The molecule has 4 heteroatoms. The van der Waals surface area contributed by atoms with Crippen LogP contribution in [0.25, 0.3) is 0 Å². The zero-order valence-electron chi connectivity index (χ0n) is 11.7. The summed E-state index contributed by atoms with van der Waals surface area (Å²) in [6.45, 7) is 2.55. The van der Waals surface area contributed by atoms with E-state index in [-0.39, 0.29) is 0 Å². The molecule has 0 bridgehead atoms. The Hall–Kier alpha value is -1.71. The maximum Gasteiger partial charge on any atom is 0.169 e. The van der Waals surface area contributed by atoms with Crippen LogP contribution >= 0.6 is 11.6 Å². The second-order valence-electron chi connectivity index (χ2n) is 4.55. The molecule has 0 aliphatic carbocycles. The molecule has 2 N–H and O–H groups in total. The van der Waals surface area contributed by atoms with Gasteiger partial charge in [0.1, 0.15) is 5.75 Å².